The van der Waals surface area contributed by atoms with Crippen molar-refractivity contribution in [2.75, 3.05) is 0 Å². The van der Waals surface area contributed by atoms with Gasteiger partial charge >= 0.3 is 0 Å². The van der Waals surface area contributed by atoms with E-state index in [0.29, 0.717) is 0 Å². The Morgan fingerprint density at radius 3 is 1.14 bits per heavy atom. The molecule has 0 aromatic carbocycles. The van der Waals surface area contributed by atoms with Crippen molar-refractivity contribution in [3.8, 4) is 0 Å². The molecule has 1 aliphatic carbocycles. The van der Waals surface area contributed by atoms with Crippen molar-refractivity contribution in [3.63, 3.8) is 0 Å². The zero-order valence-corrected chi connectivity index (χ0v) is 10.2. The molecule has 0 aromatic heterocycles. The van der Waals surface area contributed by atoms with Gasteiger partial charge in [0.05, 0.1) is 0 Å². The maximum Gasteiger partial charge on any atom is 0.249 e. The van der Waals surface area contributed by atoms with Gasteiger partial charge in [0.1, 0.15) is 0 Å². The highest BCUT2D eigenvalue weighted by Crippen LogP contribution is 2.68. The predicted octanol–water partition coefficient (Wildman–Crippen LogP) is 4.49. The van der Waals surface area contributed by atoms with Crippen LogP contribution >= 0.6 is 0 Å². The summed E-state index contributed by atoms with van der Waals surface area (Å²) >= 11 is 0. The fourth-order valence-electron chi connectivity index (χ4n) is 3.02. The number of hydrogen-bond acceptors (Lipinski definition) is 0. The lowest BCUT2D eigenvalue weighted by atomic mass is 9.44. The second-order valence-electron chi connectivity index (χ2n) is 6.79. The average Bonchev–Trinajstić information content (AvgIpc) is 1.75. The highest BCUT2D eigenvalue weighted by Gasteiger charge is 2.65. The largest absolute Gasteiger partial charge is 0.249 e. The Bertz CT molecular complexity index is 204. The highest BCUT2D eigenvalue weighted by atomic mass is 19.3. The maximum absolute atomic E-state index is 13.1. The molecule has 2 heteroatoms. The lowest BCUT2D eigenvalue weighted by Crippen LogP contribution is -2.59. The fourth-order valence-corrected chi connectivity index (χ4v) is 3.02. The summed E-state index contributed by atoms with van der Waals surface area (Å²) in [5.74, 6) is -2.43. The van der Waals surface area contributed by atoms with E-state index < -0.39 is 5.92 Å². The smallest absolute Gasteiger partial charge is 0.207 e. The molecule has 0 spiro atoms. The zero-order valence-electron chi connectivity index (χ0n) is 10.2. The molecule has 1 rings (SSSR count). The minimum atomic E-state index is -2.43. The van der Waals surface area contributed by atoms with Crippen LogP contribution in [0.25, 0.3) is 0 Å². The minimum Gasteiger partial charge on any atom is -0.207 e. The molecule has 0 aliphatic heterocycles. The lowest BCUT2D eigenvalue weighted by Gasteiger charge is -2.62. The molecule has 0 heterocycles. The molecule has 1 fully saturated rings. The van der Waals surface area contributed by atoms with Crippen molar-refractivity contribution in [1.29, 1.82) is 0 Å². The Balaban J connectivity index is 2.99. The third-order valence-electron chi connectivity index (χ3n) is 3.99. The van der Waals surface area contributed by atoms with Gasteiger partial charge in [-0.05, 0) is 16.2 Å². The second-order valence-corrected chi connectivity index (χ2v) is 6.79. The monoisotopic (exact) mass is 204 g/mol. The Hall–Kier alpha value is -0.140. The summed E-state index contributed by atoms with van der Waals surface area (Å²) in [6.07, 6.45) is 0.0972. The number of hydrogen-bond donors (Lipinski definition) is 0. The molecule has 1 saturated carbocycles. The third-order valence-corrected chi connectivity index (χ3v) is 3.99. The van der Waals surface area contributed by atoms with Crippen molar-refractivity contribution in [3.05, 3.63) is 0 Å². The SMILES string of the molecule is CC(C)(C)C1(C(C)(C)C)CC(F)(F)C1. The van der Waals surface area contributed by atoms with Gasteiger partial charge in [-0.3, -0.25) is 0 Å². The van der Waals surface area contributed by atoms with Crippen LogP contribution < -0.4 is 0 Å². The van der Waals surface area contributed by atoms with Crippen LogP contribution in [0, 0.1) is 16.2 Å². The summed E-state index contributed by atoms with van der Waals surface area (Å²) in [6, 6.07) is 0. The first-order valence-corrected chi connectivity index (χ1v) is 5.29. The molecular formula is C12H22F2. The van der Waals surface area contributed by atoms with Crippen molar-refractivity contribution >= 4 is 0 Å². The van der Waals surface area contributed by atoms with Crippen LogP contribution in [0.4, 0.5) is 8.78 Å². The van der Waals surface area contributed by atoms with E-state index in [1.165, 1.54) is 0 Å². The van der Waals surface area contributed by atoms with Gasteiger partial charge in [-0.15, -0.1) is 0 Å². The van der Waals surface area contributed by atoms with Crippen LogP contribution in [0.5, 0.6) is 0 Å². The van der Waals surface area contributed by atoms with E-state index >= 15 is 0 Å². The number of rotatable bonds is 0. The van der Waals surface area contributed by atoms with E-state index in [-0.39, 0.29) is 29.1 Å². The molecule has 84 valence electrons. The van der Waals surface area contributed by atoms with Crippen LogP contribution in [0.15, 0.2) is 0 Å². The normalized spacial score (nSPS) is 25.7. The van der Waals surface area contributed by atoms with E-state index in [4.69, 9.17) is 0 Å². The molecule has 0 atom stereocenters. The summed E-state index contributed by atoms with van der Waals surface area (Å²) in [5, 5.41) is 0. The quantitative estimate of drug-likeness (QED) is 0.545. The van der Waals surface area contributed by atoms with Gasteiger partial charge in [-0.1, -0.05) is 41.5 Å². The standard InChI is InChI=1S/C12H22F2/c1-9(2,3)11(10(4,5)6)7-12(13,14)8-11/h7-8H2,1-6H3. The fraction of sp³-hybridized carbons (Fsp3) is 1.00. The average molecular weight is 204 g/mol. The summed E-state index contributed by atoms with van der Waals surface area (Å²) in [4.78, 5) is 0. The third kappa shape index (κ3) is 1.57. The summed E-state index contributed by atoms with van der Waals surface area (Å²) in [7, 11) is 0. The van der Waals surface area contributed by atoms with Gasteiger partial charge in [0.15, 0.2) is 0 Å². The molecule has 14 heavy (non-hydrogen) atoms. The van der Waals surface area contributed by atoms with Crippen molar-refractivity contribution in [2.24, 2.45) is 16.2 Å². The van der Waals surface area contributed by atoms with E-state index in [9.17, 15) is 8.78 Å². The molecule has 0 amide bonds. The summed E-state index contributed by atoms with van der Waals surface area (Å²) in [5.41, 5.74) is -0.316. The molecular weight excluding hydrogens is 182 g/mol. The number of alkyl halides is 2. The molecule has 1 aliphatic rings. The van der Waals surface area contributed by atoms with Crippen LogP contribution in [0.1, 0.15) is 54.4 Å². The van der Waals surface area contributed by atoms with Gasteiger partial charge in [0.25, 0.3) is 0 Å². The summed E-state index contributed by atoms with van der Waals surface area (Å²) in [6.45, 7) is 12.5. The van der Waals surface area contributed by atoms with Crippen molar-refractivity contribution in [1.82, 2.24) is 0 Å². The van der Waals surface area contributed by atoms with Crippen LogP contribution in [0.2, 0.25) is 0 Å². The topological polar surface area (TPSA) is 0 Å². The summed E-state index contributed by atoms with van der Waals surface area (Å²) < 4.78 is 26.2. The zero-order chi connectivity index (χ0) is 11.4. The molecule has 0 nitrogen and oxygen atoms in total. The molecule has 0 saturated heterocycles. The molecule has 0 unspecified atom stereocenters. The first-order chi connectivity index (χ1) is 5.91. The Kier molecular flexibility index (Phi) is 2.31. The van der Waals surface area contributed by atoms with Gasteiger partial charge in [0, 0.05) is 12.8 Å². The second kappa shape index (κ2) is 2.70. The maximum atomic E-state index is 13.1. The Labute approximate surface area is 86.1 Å². The highest BCUT2D eigenvalue weighted by molar-refractivity contribution is 5.10. The Morgan fingerprint density at radius 1 is 0.786 bits per heavy atom. The Morgan fingerprint density at radius 2 is 1.07 bits per heavy atom. The predicted molar refractivity (Wildman–Crippen MR) is 55.5 cm³/mol. The van der Waals surface area contributed by atoms with E-state index in [2.05, 4.69) is 41.5 Å². The molecule has 0 N–H and O–H groups in total. The molecule has 0 radical (unpaired) electrons. The minimum absolute atomic E-state index is 0.0486. The van der Waals surface area contributed by atoms with Gasteiger partial charge in [0.2, 0.25) is 5.92 Å². The number of halogens is 2. The van der Waals surface area contributed by atoms with Gasteiger partial charge < -0.3 is 0 Å². The first kappa shape index (κ1) is 11.9. The van der Waals surface area contributed by atoms with Gasteiger partial charge in [-0.25, -0.2) is 8.78 Å². The van der Waals surface area contributed by atoms with Gasteiger partial charge in [-0.2, -0.15) is 0 Å². The van der Waals surface area contributed by atoms with E-state index in [1.54, 1.807) is 0 Å². The lowest BCUT2D eigenvalue weighted by molar-refractivity contribution is -0.243. The van der Waals surface area contributed by atoms with E-state index in [1.807, 2.05) is 0 Å². The van der Waals surface area contributed by atoms with Crippen molar-refractivity contribution < 1.29 is 8.78 Å². The molecule has 0 aromatic rings. The van der Waals surface area contributed by atoms with Crippen LogP contribution in [-0.4, -0.2) is 5.92 Å². The molecule has 0 bridgehead atoms. The van der Waals surface area contributed by atoms with Crippen LogP contribution in [-0.2, 0) is 0 Å². The first-order valence-electron chi connectivity index (χ1n) is 5.29. The van der Waals surface area contributed by atoms with E-state index in [0.717, 1.165) is 0 Å². The van der Waals surface area contributed by atoms with Crippen molar-refractivity contribution in [2.45, 2.75) is 60.3 Å². The van der Waals surface area contributed by atoms with Crippen LogP contribution in [0.3, 0.4) is 0 Å².